The molecule has 0 spiro atoms. The summed E-state index contributed by atoms with van der Waals surface area (Å²) in [6.07, 6.45) is 5.37. The molecule has 2 aromatic rings. The third-order valence-electron chi connectivity index (χ3n) is 1.83. The summed E-state index contributed by atoms with van der Waals surface area (Å²) in [7, 11) is -3.34. The molecule has 0 aliphatic rings. The lowest BCUT2D eigenvalue weighted by Crippen LogP contribution is -2.08. The molecule has 2 N–H and O–H groups in total. The molecular weight excluding hydrogens is 204 g/mol. The van der Waals surface area contributed by atoms with Crippen LogP contribution < -0.4 is 5.73 Å². The average Bonchev–Trinajstić information content (AvgIpc) is 2.50. The van der Waals surface area contributed by atoms with Crippen molar-refractivity contribution in [3.8, 4) is 0 Å². The van der Waals surface area contributed by atoms with Crippen molar-refractivity contribution in [2.45, 2.75) is 4.90 Å². The predicted octanol–water partition coefficient (Wildman–Crippen LogP) is -0.285. The molecule has 0 atom stereocenters. The van der Waals surface area contributed by atoms with E-state index in [0.29, 0.717) is 5.78 Å². The highest BCUT2D eigenvalue weighted by atomic mass is 32.2. The first-order chi connectivity index (χ1) is 6.50. The molecule has 0 aromatic carbocycles. The van der Waals surface area contributed by atoms with Crippen molar-refractivity contribution in [1.82, 2.24) is 14.4 Å². The maximum absolute atomic E-state index is 11.3. The van der Waals surface area contributed by atoms with Gasteiger partial charge in [0.2, 0.25) is 5.78 Å². The van der Waals surface area contributed by atoms with Crippen LogP contribution in [0.25, 0.3) is 5.78 Å². The van der Waals surface area contributed by atoms with Gasteiger partial charge in [-0.25, -0.2) is 18.4 Å². The predicted molar refractivity (Wildman–Crippen MR) is 50.5 cm³/mol. The van der Waals surface area contributed by atoms with Crippen LogP contribution in [0.3, 0.4) is 0 Å². The van der Waals surface area contributed by atoms with Crippen LogP contribution in [0.2, 0.25) is 0 Å². The minimum Gasteiger partial charge on any atom is -0.384 e. The highest BCUT2D eigenvalue weighted by Gasteiger charge is 2.14. The van der Waals surface area contributed by atoms with Crippen molar-refractivity contribution in [2.75, 3.05) is 12.0 Å². The zero-order valence-electron chi connectivity index (χ0n) is 7.38. The molecule has 6 nitrogen and oxygen atoms in total. The fourth-order valence-corrected chi connectivity index (χ4v) is 1.89. The Kier molecular flexibility index (Phi) is 1.71. The van der Waals surface area contributed by atoms with E-state index in [1.165, 1.54) is 16.8 Å². The molecule has 0 unspecified atom stereocenters. The molecule has 0 saturated carbocycles. The molecule has 0 amide bonds. The summed E-state index contributed by atoms with van der Waals surface area (Å²) in [6.45, 7) is 0. The quantitative estimate of drug-likeness (QED) is 0.701. The van der Waals surface area contributed by atoms with Gasteiger partial charge in [0.25, 0.3) is 0 Å². The van der Waals surface area contributed by atoms with Gasteiger partial charge in [0, 0.05) is 18.6 Å². The van der Waals surface area contributed by atoms with Crippen molar-refractivity contribution < 1.29 is 8.42 Å². The molecule has 7 heteroatoms. The number of nitrogen functional groups attached to an aromatic ring is 1. The van der Waals surface area contributed by atoms with Crippen LogP contribution in [0.15, 0.2) is 23.5 Å². The number of anilines is 1. The highest BCUT2D eigenvalue weighted by molar-refractivity contribution is 7.90. The number of rotatable bonds is 1. The Labute approximate surface area is 80.3 Å². The Morgan fingerprint density at radius 2 is 2.14 bits per heavy atom. The van der Waals surface area contributed by atoms with Gasteiger partial charge in [-0.2, -0.15) is 0 Å². The summed E-state index contributed by atoms with van der Waals surface area (Å²) >= 11 is 0. The average molecular weight is 212 g/mol. The lowest BCUT2D eigenvalue weighted by molar-refractivity contribution is 0.601. The second-order valence-corrected chi connectivity index (χ2v) is 4.86. The van der Waals surface area contributed by atoms with E-state index in [-0.39, 0.29) is 10.7 Å². The van der Waals surface area contributed by atoms with E-state index in [2.05, 4.69) is 9.97 Å². The van der Waals surface area contributed by atoms with Gasteiger partial charge in [-0.05, 0) is 0 Å². The van der Waals surface area contributed by atoms with Crippen molar-refractivity contribution in [3.05, 3.63) is 18.6 Å². The number of sulfone groups is 1. The molecule has 0 aliphatic carbocycles. The zero-order valence-corrected chi connectivity index (χ0v) is 8.19. The first kappa shape index (κ1) is 8.95. The monoisotopic (exact) mass is 212 g/mol. The SMILES string of the molecule is CS(=O)(=O)c1cnc2nccn2c1N. The Morgan fingerprint density at radius 1 is 1.43 bits per heavy atom. The van der Waals surface area contributed by atoms with E-state index in [1.54, 1.807) is 6.20 Å². The van der Waals surface area contributed by atoms with Crippen molar-refractivity contribution in [1.29, 1.82) is 0 Å². The van der Waals surface area contributed by atoms with Crippen LogP contribution in [0.4, 0.5) is 5.82 Å². The lowest BCUT2D eigenvalue weighted by Gasteiger charge is -2.04. The summed E-state index contributed by atoms with van der Waals surface area (Å²) in [5.41, 5.74) is 5.65. The Morgan fingerprint density at radius 3 is 2.79 bits per heavy atom. The molecule has 0 bridgehead atoms. The molecule has 2 rings (SSSR count). The van der Waals surface area contributed by atoms with Crippen LogP contribution in [0.1, 0.15) is 0 Å². The number of imidazole rings is 1. The van der Waals surface area contributed by atoms with Crippen molar-refractivity contribution in [2.24, 2.45) is 0 Å². The molecule has 14 heavy (non-hydrogen) atoms. The van der Waals surface area contributed by atoms with E-state index in [0.717, 1.165) is 6.26 Å². The zero-order chi connectivity index (χ0) is 10.3. The number of aromatic nitrogens is 3. The molecule has 0 radical (unpaired) electrons. The second-order valence-electron chi connectivity index (χ2n) is 2.88. The van der Waals surface area contributed by atoms with Crippen LogP contribution >= 0.6 is 0 Å². The van der Waals surface area contributed by atoms with E-state index in [4.69, 9.17) is 5.73 Å². The largest absolute Gasteiger partial charge is 0.384 e. The summed E-state index contributed by atoms with van der Waals surface area (Å²) in [5.74, 6) is 0.518. The normalized spacial score (nSPS) is 12.1. The smallest absolute Gasteiger partial charge is 0.235 e. The number of nitrogens with zero attached hydrogens (tertiary/aromatic N) is 3. The van der Waals surface area contributed by atoms with Crippen LogP contribution in [-0.2, 0) is 9.84 Å². The number of nitrogens with two attached hydrogens (primary N) is 1. The van der Waals surface area contributed by atoms with Gasteiger partial charge in [-0.15, -0.1) is 0 Å². The highest BCUT2D eigenvalue weighted by Crippen LogP contribution is 2.17. The first-order valence-electron chi connectivity index (χ1n) is 3.78. The van der Waals surface area contributed by atoms with Gasteiger partial charge in [0.15, 0.2) is 9.84 Å². The minimum absolute atomic E-state index is 0.0167. The fraction of sp³-hybridized carbons (Fsp3) is 0.143. The van der Waals surface area contributed by atoms with E-state index < -0.39 is 9.84 Å². The van der Waals surface area contributed by atoms with Gasteiger partial charge >= 0.3 is 0 Å². The minimum atomic E-state index is -3.34. The number of fused-ring (bicyclic) bond motifs is 1. The van der Waals surface area contributed by atoms with Crippen LogP contribution in [0.5, 0.6) is 0 Å². The van der Waals surface area contributed by atoms with Gasteiger partial charge in [-0.3, -0.25) is 4.40 Å². The topological polar surface area (TPSA) is 90.3 Å². The Bertz CT molecular complexity index is 587. The Hall–Kier alpha value is -1.63. The van der Waals surface area contributed by atoms with Gasteiger partial charge < -0.3 is 5.73 Å². The summed E-state index contributed by atoms with van der Waals surface area (Å²) in [6, 6.07) is 0. The third-order valence-corrected chi connectivity index (χ3v) is 2.94. The molecule has 0 saturated heterocycles. The number of hydrogen-bond donors (Lipinski definition) is 1. The van der Waals surface area contributed by atoms with E-state index in [9.17, 15) is 8.42 Å². The summed E-state index contributed by atoms with van der Waals surface area (Å²) in [4.78, 5) is 7.76. The summed E-state index contributed by atoms with van der Waals surface area (Å²) < 4.78 is 24.0. The fourth-order valence-electron chi connectivity index (χ4n) is 1.17. The third kappa shape index (κ3) is 1.22. The molecule has 2 aromatic heterocycles. The maximum Gasteiger partial charge on any atom is 0.235 e. The molecular formula is C7H8N4O2S. The standard InChI is InChI=1S/C7H8N4O2S/c1-14(12,13)5-4-10-7-9-2-3-11(7)6(5)8/h2-4H,8H2,1H3. The van der Waals surface area contributed by atoms with Crippen LogP contribution in [-0.4, -0.2) is 29.0 Å². The lowest BCUT2D eigenvalue weighted by atomic mass is 10.6. The van der Waals surface area contributed by atoms with Crippen LogP contribution in [0, 0.1) is 0 Å². The summed E-state index contributed by atoms with van der Waals surface area (Å²) in [5, 5.41) is 0. The van der Waals surface area contributed by atoms with E-state index >= 15 is 0 Å². The van der Waals surface area contributed by atoms with Crippen molar-refractivity contribution >= 4 is 21.4 Å². The Balaban J connectivity index is 2.88. The number of hydrogen-bond acceptors (Lipinski definition) is 5. The molecule has 0 fully saturated rings. The molecule has 74 valence electrons. The second kappa shape index (κ2) is 2.68. The first-order valence-corrected chi connectivity index (χ1v) is 5.67. The molecule has 0 aliphatic heterocycles. The maximum atomic E-state index is 11.3. The molecule has 2 heterocycles. The van der Waals surface area contributed by atoms with Gasteiger partial charge in [0.05, 0.1) is 6.20 Å². The van der Waals surface area contributed by atoms with Gasteiger partial charge in [0.1, 0.15) is 10.7 Å². The van der Waals surface area contributed by atoms with Gasteiger partial charge in [-0.1, -0.05) is 0 Å². The van der Waals surface area contributed by atoms with E-state index in [1.807, 2.05) is 0 Å². The van der Waals surface area contributed by atoms with Crippen molar-refractivity contribution in [3.63, 3.8) is 0 Å².